The Morgan fingerprint density at radius 3 is 3.18 bits per heavy atom. The van der Waals surface area contributed by atoms with E-state index in [1.165, 1.54) is 0 Å². The number of halogens is 1. The van der Waals surface area contributed by atoms with E-state index in [1.807, 2.05) is 12.1 Å². The molecular formula is C8H6BrNO. The monoisotopic (exact) mass is 211 g/mol. The van der Waals surface area contributed by atoms with Crippen molar-refractivity contribution in [2.75, 3.05) is 0 Å². The highest BCUT2D eigenvalue weighted by Crippen LogP contribution is 2.18. The molecule has 0 fully saturated rings. The molecule has 0 atom stereocenters. The molecule has 0 amide bonds. The normalized spacial score (nSPS) is 10.6. The summed E-state index contributed by atoms with van der Waals surface area (Å²) >= 11 is 3.32. The molecule has 2 aromatic rings. The number of hydrogen-bond acceptors (Lipinski definition) is 2. The van der Waals surface area contributed by atoms with Gasteiger partial charge >= 0.3 is 0 Å². The third-order valence-electron chi connectivity index (χ3n) is 1.50. The Balaban J connectivity index is 2.69. The van der Waals surface area contributed by atoms with Crippen LogP contribution in [-0.2, 0) is 5.33 Å². The number of nitrogens with zero attached hydrogens (tertiary/aromatic N) is 1. The smallest absolute Gasteiger partial charge is 0.137 e. The van der Waals surface area contributed by atoms with Gasteiger partial charge in [0, 0.05) is 17.8 Å². The molecule has 0 radical (unpaired) electrons. The fourth-order valence-electron chi connectivity index (χ4n) is 1.01. The maximum Gasteiger partial charge on any atom is 0.137 e. The summed E-state index contributed by atoms with van der Waals surface area (Å²) in [7, 11) is 0. The molecule has 0 saturated carbocycles. The van der Waals surface area contributed by atoms with E-state index in [1.54, 1.807) is 12.4 Å². The van der Waals surface area contributed by atoms with Crippen molar-refractivity contribution in [2.45, 2.75) is 5.33 Å². The van der Waals surface area contributed by atoms with Gasteiger partial charge < -0.3 is 4.42 Å². The molecule has 0 unspecified atom stereocenters. The van der Waals surface area contributed by atoms with Gasteiger partial charge in [0.1, 0.15) is 11.3 Å². The molecule has 0 bridgehead atoms. The molecule has 0 aliphatic rings. The highest BCUT2D eigenvalue weighted by molar-refractivity contribution is 9.08. The lowest BCUT2D eigenvalue weighted by atomic mass is 10.3. The second-order valence-corrected chi connectivity index (χ2v) is 2.82. The van der Waals surface area contributed by atoms with Gasteiger partial charge in [0.15, 0.2) is 0 Å². The van der Waals surface area contributed by atoms with Crippen LogP contribution in [0.15, 0.2) is 28.9 Å². The molecule has 0 N–H and O–H groups in total. The third-order valence-corrected chi connectivity index (χ3v) is 2.05. The van der Waals surface area contributed by atoms with E-state index in [0.29, 0.717) is 0 Å². The summed E-state index contributed by atoms with van der Waals surface area (Å²) in [5.41, 5.74) is 0.898. The highest BCUT2D eigenvalue weighted by atomic mass is 79.9. The van der Waals surface area contributed by atoms with Gasteiger partial charge in [-0.1, -0.05) is 15.9 Å². The SMILES string of the molecule is BrCc1cc2cnccc2o1. The average molecular weight is 212 g/mol. The van der Waals surface area contributed by atoms with Crippen LogP contribution in [0.5, 0.6) is 0 Å². The summed E-state index contributed by atoms with van der Waals surface area (Å²) in [4.78, 5) is 3.99. The Hall–Kier alpha value is -0.830. The first kappa shape index (κ1) is 6.85. The molecule has 2 nitrogen and oxygen atoms in total. The lowest BCUT2D eigenvalue weighted by Gasteiger charge is -1.82. The summed E-state index contributed by atoms with van der Waals surface area (Å²) in [5, 5.41) is 1.81. The van der Waals surface area contributed by atoms with E-state index in [0.717, 1.165) is 22.1 Å². The molecule has 2 rings (SSSR count). The summed E-state index contributed by atoms with van der Waals surface area (Å²) in [6.07, 6.45) is 3.52. The van der Waals surface area contributed by atoms with Crippen LogP contribution in [0.4, 0.5) is 0 Å². The summed E-state index contributed by atoms with van der Waals surface area (Å²) in [5.74, 6) is 0.938. The number of alkyl halides is 1. The second-order valence-electron chi connectivity index (χ2n) is 2.26. The zero-order valence-electron chi connectivity index (χ0n) is 5.75. The number of furan rings is 1. The number of pyridine rings is 1. The van der Waals surface area contributed by atoms with E-state index in [-0.39, 0.29) is 0 Å². The lowest BCUT2D eigenvalue weighted by Crippen LogP contribution is -1.65. The van der Waals surface area contributed by atoms with E-state index in [2.05, 4.69) is 20.9 Å². The third kappa shape index (κ3) is 1.16. The number of fused-ring (bicyclic) bond motifs is 1. The minimum Gasteiger partial charge on any atom is -0.460 e. The summed E-state index contributed by atoms with van der Waals surface area (Å²) in [6.45, 7) is 0. The fourth-order valence-corrected chi connectivity index (χ4v) is 1.28. The van der Waals surface area contributed by atoms with E-state index in [4.69, 9.17) is 4.42 Å². The number of rotatable bonds is 1. The molecule has 0 saturated heterocycles. The average Bonchev–Trinajstić information content (AvgIpc) is 2.46. The molecule has 0 aromatic carbocycles. The predicted octanol–water partition coefficient (Wildman–Crippen LogP) is 2.72. The summed E-state index contributed by atoms with van der Waals surface area (Å²) < 4.78 is 5.43. The maximum atomic E-state index is 5.43. The van der Waals surface area contributed by atoms with Crippen LogP contribution in [-0.4, -0.2) is 4.98 Å². The zero-order chi connectivity index (χ0) is 7.68. The van der Waals surface area contributed by atoms with Gasteiger partial charge in [-0.25, -0.2) is 0 Å². The van der Waals surface area contributed by atoms with Gasteiger partial charge in [0.25, 0.3) is 0 Å². The van der Waals surface area contributed by atoms with Crippen molar-refractivity contribution in [3.8, 4) is 0 Å². The van der Waals surface area contributed by atoms with Crippen LogP contribution in [0.3, 0.4) is 0 Å². The van der Waals surface area contributed by atoms with Gasteiger partial charge in [0.05, 0.1) is 5.33 Å². The molecular weight excluding hydrogens is 206 g/mol. The first-order valence-electron chi connectivity index (χ1n) is 3.28. The van der Waals surface area contributed by atoms with Crippen LogP contribution in [0.1, 0.15) is 5.76 Å². The van der Waals surface area contributed by atoms with Crippen LogP contribution in [0, 0.1) is 0 Å². The van der Waals surface area contributed by atoms with Gasteiger partial charge in [0.2, 0.25) is 0 Å². The standard InChI is InChI=1S/C8H6BrNO/c9-4-7-3-6-5-10-2-1-8(6)11-7/h1-3,5H,4H2. The molecule has 3 heteroatoms. The Bertz CT molecular complexity index is 336. The van der Waals surface area contributed by atoms with Crippen molar-refractivity contribution in [1.82, 2.24) is 4.98 Å². The van der Waals surface area contributed by atoms with Crippen LogP contribution in [0.25, 0.3) is 11.0 Å². The molecule has 2 heterocycles. The largest absolute Gasteiger partial charge is 0.460 e. The van der Waals surface area contributed by atoms with Gasteiger partial charge in [-0.3, -0.25) is 4.98 Å². The van der Waals surface area contributed by atoms with Crippen molar-refractivity contribution in [1.29, 1.82) is 0 Å². The van der Waals surface area contributed by atoms with Crippen LogP contribution in [0.2, 0.25) is 0 Å². The second kappa shape index (κ2) is 2.66. The number of aromatic nitrogens is 1. The topological polar surface area (TPSA) is 26.0 Å². The Labute approximate surface area is 72.4 Å². The van der Waals surface area contributed by atoms with Gasteiger partial charge in [-0.15, -0.1) is 0 Å². The molecule has 11 heavy (non-hydrogen) atoms. The molecule has 0 aliphatic heterocycles. The van der Waals surface area contributed by atoms with Crippen molar-refractivity contribution in [3.63, 3.8) is 0 Å². The Morgan fingerprint density at radius 2 is 2.45 bits per heavy atom. The minimum atomic E-state index is 0.752. The summed E-state index contributed by atoms with van der Waals surface area (Å²) in [6, 6.07) is 3.85. The van der Waals surface area contributed by atoms with E-state index < -0.39 is 0 Å². The molecule has 56 valence electrons. The molecule has 2 aromatic heterocycles. The quantitative estimate of drug-likeness (QED) is 0.679. The fraction of sp³-hybridized carbons (Fsp3) is 0.125. The van der Waals surface area contributed by atoms with Crippen LogP contribution < -0.4 is 0 Å². The van der Waals surface area contributed by atoms with Crippen molar-refractivity contribution in [2.24, 2.45) is 0 Å². The lowest BCUT2D eigenvalue weighted by molar-refractivity contribution is 0.575. The van der Waals surface area contributed by atoms with Crippen molar-refractivity contribution < 1.29 is 4.42 Å². The molecule has 0 aliphatic carbocycles. The Morgan fingerprint density at radius 1 is 1.55 bits per heavy atom. The highest BCUT2D eigenvalue weighted by Gasteiger charge is 1.99. The van der Waals surface area contributed by atoms with Crippen molar-refractivity contribution >= 4 is 26.9 Å². The first-order valence-corrected chi connectivity index (χ1v) is 4.40. The van der Waals surface area contributed by atoms with Gasteiger partial charge in [-0.2, -0.15) is 0 Å². The van der Waals surface area contributed by atoms with E-state index in [9.17, 15) is 0 Å². The Kier molecular flexibility index (Phi) is 1.66. The first-order chi connectivity index (χ1) is 5.40. The van der Waals surface area contributed by atoms with Crippen LogP contribution >= 0.6 is 15.9 Å². The maximum absolute atomic E-state index is 5.43. The van der Waals surface area contributed by atoms with E-state index >= 15 is 0 Å². The predicted molar refractivity (Wildman–Crippen MR) is 46.6 cm³/mol. The molecule has 0 spiro atoms. The van der Waals surface area contributed by atoms with Gasteiger partial charge in [-0.05, 0) is 12.1 Å². The minimum absolute atomic E-state index is 0.752. The zero-order valence-corrected chi connectivity index (χ0v) is 7.34. The van der Waals surface area contributed by atoms with Crippen molar-refractivity contribution in [3.05, 3.63) is 30.3 Å². The number of hydrogen-bond donors (Lipinski definition) is 0.